The highest BCUT2D eigenvalue weighted by atomic mass is 32.2. The molecule has 0 radical (unpaired) electrons. The van der Waals surface area contributed by atoms with Gasteiger partial charge < -0.3 is 4.18 Å². The predicted octanol–water partition coefficient (Wildman–Crippen LogP) is 6.64. The van der Waals surface area contributed by atoms with E-state index in [1.807, 2.05) is 0 Å². The van der Waals surface area contributed by atoms with Crippen molar-refractivity contribution in [1.29, 1.82) is 0 Å². The minimum atomic E-state index is -5.82. The monoisotopic (exact) mass is 456 g/mol. The molecule has 0 bridgehead atoms. The van der Waals surface area contributed by atoms with Gasteiger partial charge >= 0.3 is 15.6 Å². The molecule has 0 aliphatic heterocycles. The molecule has 2 aromatic rings. The van der Waals surface area contributed by atoms with Crippen molar-refractivity contribution < 1.29 is 25.8 Å². The van der Waals surface area contributed by atoms with Crippen molar-refractivity contribution in [2.45, 2.75) is 63.7 Å². The summed E-state index contributed by atoms with van der Waals surface area (Å²) in [7, 11) is -8.01. The summed E-state index contributed by atoms with van der Waals surface area (Å²) in [5.74, 6) is 2.64. The molecule has 0 heterocycles. The number of halogens is 3. The van der Waals surface area contributed by atoms with E-state index in [0.29, 0.717) is 22.0 Å². The summed E-state index contributed by atoms with van der Waals surface area (Å²) in [5, 5.41) is 0.832. The van der Waals surface area contributed by atoms with Gasteiger partial charge in [-0.25, -0.2) is 0 Å². The van der Waals surface area contributed by atoms with Crippen molar-refractivity contribution in [1.82, 2.24) is 0 Å². The van der Waals surface area contributed by atoms with E-state index < -0.39 is 23.7 Å². The summed E-state index contributed by atoms with van der Waals surface area (Å²) >= 11 is 0. The molecule has 2 aromatic carbocycles. The van der Waals surface area contributed by atoms with Gasteiger partial charge in [0.05, 0.1) is 5.56 Å². The summed E-state index contributed by atoms with van der Waals surface area (Å²) in [4.78, 5) is 0. The van der Waals surface area contributed by atoms with Crippen LogP contribution in [0.25, 0.3) is 10.8 Å². The zero-order chi connectivity index (χ0) is 22.9. The molecule has 0 saturated heterocycles. The van der Waals surface area contributed by atoms with Gasteiger partial charge in [0.1, 0.15) is 8.07 Å². The van der Waals surface area contributed by atoms with Gasteiger partial charge in [-0.05, 0) is 28.1 Å². The standard InChI is InChI=1S/C22H27F3O3SSi/c1-15(2)30(16(3)4,17(5)6)14-13-19-12-11-18-9-7-8-10-20(18)21(19)28-29(26,27)22(23,24)25/h7-12,15-17H,1-6H3. The van der Waals surface area contributed by atoms with Gasteiger partial charge in [0.2, 0.25) is 0 Å². The molecule has 164 valence electrons. The molecule has 0 N–H and O–H groups in total. The molecule has 0 fully saturated rings. The minimum absolute atomic E-state index is 0.139. The van der Waals surface area contributed by atoms with Gasteiger partial charge in [0, 0.05) is 5.39 Å². The van der Waals surface area contributed by atoms with E-state index >= 15 is 0 Å². The fourth-order valence-corrected chi connectivity index (χ4v) is 9.91. The van der Waals surface area contributed by atoms with Crippen molar-refractivity contribution >= 4 is 29.0 Å². The molecule has 0 spiro atoms. The molecule has 0 amide bonds. The Balaban J connectivity index is 2.77. The highest BCUT2D eigenvalue weighted by molar-refractivity contribution is 7.88. The van der Waals surface area contributed by atoms with Gasteiger partial charge in [-0.15, -0.1) is 5.54 Å². The topological polar surface area (TPSA) is 43.4 Å². The Morgan fingerprint density at radius 3 is 1.93 bits per heavy atom. The van der Waals surface area contributed by atoms with Crippen molar-refractivity contribution in [2.75, 3.05) is 0 Å². The van der Waals surface area contributed by atoms with Crippen LogP contribution in [0, 0.1) is 11.5 Å². The van der Waals surface area contributed by atoms with Crippen LogP contribution in [0.5, 0.6) is 5.75 Å². The number of alkyl halides is 3. The lowest BCUT2D eigenvalue weighted by molar-refractivity contribution is -0.0499. The van der Waals surface area contributed by atoms with Crippen LogP contribution in [0.1, 0.15) is 47.1 Å². The first-order valence-electron chi connectivity index (χ1n) is 9.79. The molecule has 0 aromatic heterocycles. The molecule has 0 aliphatic rings. The lowest BCUT2D eigenvalue weighted by Crippen LogP contribution is -2.43. The average molecular weight is 457 g/mol. The zero-order valence-corrected chi connectivity index (χ0v) is 19.8. The second kappa shape index (κ2) is 8.64. The van der Waals surface area contributed by atoms with Gasteiger partial charge in [0.15, 0.2) is 5.75 Å². The first-order valence-corrected chi connectivity index (χ1v) is 13.4. The smallest absolute Gasteiger partial charge is 0.374 e. The normalized spacial score (nSPS) is 13.1. The number of hydrogen-bond acceptors (Lipinski definition) is 3. The highest BCUT2D eigenvalue weighted by Gasteiger charge is 2.49. The second-order valence-electron chi connectivity index (χ2n) is 8.29. The SMILES string of the molecule is CC(C)[Si](C#Cc1ccc2ccccc2c1OS(=O)(=O)C(F)(F)F)(C(C)C)C(C)C. The summed E-state index contributed by atoms with van der Waals surface area (Å²) < 4.78 is 67.1. The Labute approximate surface area is 177 Å². The van der Waals surface area contributed by atoms with Crippen molar-refractivity contribution in [3.8, 4) is 17.2 Å². The molecule has 0 atom stereocenters. The van der Waals surface area contributed by atoms with E-state index in [1.165, 1.54) is 12.1 Å². The third-order valence-electron chi connectivity index (χ3n) is 5.64. The summed E-state index contributed by atoms with van der Waals surface area (Å²) in [6.45, 7) is 12.7. The van der Waals surface area contributed by atoms with E-state index in [0.717, 1.165) is 0 Å². The van der Waals surface area contributed by atoms with Crippen molar-refractivity contribution in [2.24, 2.45) is 0 Å². The summed E-state index contributed by atoms with van der Waals surface area (Å²) in [5.41, 5.74) is -1.04. The van der Waals surface area contributed by atoms with E-state index in [4.69, 9.17) is 0 Å². The maximum atomic E-state index is 13.0. The second-order valence-corrected chi connectivity index (χ2v) is 15.4. The Kier molecular flexibility index (Phi) is 6.99. The first kappa shape index (κ1) is 24.3. The largest absolute Gasteiger partial charge is 0.534 e. The van der Waals surface area contributed by atoms with E-state index in [9.17, 15) is 21.6 Å². The van der Waals surface area contributed by atoms with Crippen LogP contribution in [0.15, 0.2) is 36.4 Å². The van der Waals surface area contributed by atoms with Gasteiger partial charge in [0.25, 0.3) is 0 Å². The Morgan fingerprint density at radius 2 is 1.43 bits per heavy atom. The fourth-order valence-electron chi connectivity index (χ4n) is 4.20. The molecule has 0 aliphatic carbocycles. The van der Waals surface area contributed by atoms with Crippen LogP contribution in [-0.2, 0) is 10.1 Å². The Morgan fingerprint density at radius 1 is 0.900 bits per heavy atom. The number of benzene rings is 2. The quantitative estimate of drug-likeness (QED) is 0.219. The van der Waals surface area contributed by atoms with Crippen LogP contribution in [0.4, 0.5) is 13.2 Å². The molecule has 0 unspecified atom stereocenters. The molecular formula is C22H27F3O3SSi. The average Bonchev–Trinajstić information content (AvgIpc) is 2.61. The van der Waals surface area contributed by atoms with Crippen LogP contribution < -0.4 is 4.18 Å². The van der Waals surface area contributed by atoms with Crippen LogP contribution in [0.2, 0.25) is 16.6 Å². The number of rotatable bonds is 5. The molecule has 3 nitrogen and oxygen atoms in total. The summed E-state index contributed by atoms with van der Waals surface area (Å²) in [6.07, 6.45) is 0. The summed E-state index contributed by atoms with van der Waals surface area (Å²) in [6, 6.07) is 9.76. The van der Waals surface area contributed by atoms with Gasteiger partial charge in [-0.3, -0.25) is 0 Å². The van der Waals surface area contributed by atoms with Crippen LogP contribution in [0.3, 0.4) is 0 Å². The third-order valence-corrected chi connectivity index (χ3v) is 12.9. The van der Waals surface area contributed by atoms with Crippen molar-refractivity contribution in [3.63, 3.8) is 0 Å². The molecule has 30 heavy (non-hydrogen) atoms. The number of hydrogen-bond donors (Lipinski definition) is 0. The Bertz CT molecular complexity index is 1060. The predicted molar refractivity (Wildman–Crippen MR) is 117 cm³/mol. The van der Waals surface area contributed by atoms with E-state index in [1.54, 1.807) is 24.3 Å². The molecule has 2 rings (SSSR count). The molecule has 8 heteroatoms. The van der Waals surface area contributed by atoms with Crippen molar-refractivity contribution in [3.05, 3.63) is 42.0 Å². The third kappa shape index (κ3) is 4.52. The maximum Gasteiger partial charge on any atom is 0.534 e. The lowest BCUT2D eigenvalue weighted by Gasteiger charge is -2.38. The molecule has 0 saturated carbocycles. The Hall–Kier alpha value is -1.98. The maximum absolute atomic E-state index is 13.0. The highest BCUT2D eigenvalue weighted by Crippen LogP contribution is 2.41. The lowest BCUT2D eigenvalue weighted by atomic mass is 10.1. The fraction of sp³-hybridized carbons (Fsp3) is 0.455. The van der Waals surface area contributed by atoms with E-state index in [-0.39, 0.29) is 16.7 Å². The van der Waals surface area contributed by atoms with Crippen LogP contribution in [-0.4, -0.2) is 22.0 Å². The van der Waals surface area contributed by atoms with Gasteiger partial charge in [-0.2, -0.15) is 21.6 Å². The first-order chi connectivity index (χ1) is 13.7. The van der Waals surface area contributed by atoms with Gasteiger partial charge in [-0.1, -0.05) is 77.8 Å². The van der Waals surface area contributed by atoms with E-state index in [2.05, 4.69) is 57.2 Å². The minimum Gasteiger partial charge on any atom is -0.374 e. The number of fused-ring (bicyclic) bond motifs is 1. The van der Waals surface area contributed by atoms with Crippen LogP contribution >= 0.6 is 0 Å². The molecular weight excluding hydrogens is 429 g/mol. The zero-order valence-electron chi connectivity index (χ0n) is 18.0.